The molecular weight excluding hydrogens is 396 g/mol. The van der Waals surface area contributed by atoms with E-state index in [1.807, 2.05) is 0 Å². The van der Waals surface area contributed by atoms with Crippen molar-refractivity contribution < 1.29 is 23.5 Å². The van der Waals surface area contributed by atoms with E-state index >= 15 is 0 Å². The van der Waals surface area contributed by atoms with Crippen LogP contribution in [0.2, 0.25) is 16.6 Å². The number of rotatable bonds is 6. The zero-order valence-corrected chi connectivity index (χ0v) is 20.4. The van der Waals surface area contributed by atoms with E-state index < -0.39 is 25.7 Å². The Kier molecular flexibility index (Phi) is 6.97. The summed E-state index contributed by atoms with van der Waals surface area (Å²) in [4.78, 5) is 26.1. The molecule has 2 aliphatic carbocycles. The molecule has 1 aliphatic heterocycles. The van der Waals surface area contributed by atoms with Crippen molar-refractivity contribution in [1.82, 2.24) is 0 Å². The standard InChI is InChI=1S/C24H38O5Si/c1-7-27-22(25)24(23(26)28-8-2)13-18-11-9-10-12-21-20(19(18)14-24)15-29-30(21,16(3)4)17(5)6/h10-12,16-17,19-21H,7-9,13-15H2,1-6H3/b12-10-,18-11-/t19-,20+,21+/m1/s1. The largest absolute Gasteiger partial charge is 0.465 e. The van der Waals surface area contributed by atoms with Crippen molar-refractivity contribution in [2.24, 2.45) is 17.3 Å². The van der Waals surface area contributed by atoms with E-state index in [1.165, 1.54) is 5.57 Å². The molecule has 3 atom stereocenters. The second kappa shape index (κ2) is 8.99. The molecule has 0 spiro atoms. The third kappa shape index (κ3) is 3.60. The molecule has 5 nitrogen and oxygen atoms in total. The highest BCUT2D eigenvalue weighted by atomic mass is 28.4. The van der Waals surface area contributed by atoms with Crippen molar-refractivity contribution in [2.45, 2.75) is 77.4 Å². The van der Waals surface area contributed by atoms with Crippen molar-refractivity contribution in [3.8, 4) is 0 Å². The molecule has 1 saturated heterocycles. The van der Waals surface area contributed by atoms with Gasteiger partial charge in [0.2, 0.25) is 8.32 Å². The maximum atomic E-state index is 13.0. The van der Waals surface area contributed by atoms with Crippen LogP contribution >= 0.6 is 0 Å². The summed E-state index contributed by atoms with van der Waals surface area (Å²) in [7, 11) is -2.04. The van der Waals surface area contributed by atoms with Crippen molar-refractivity contribution >= 4 is 20.3 Å². The summed E-state index contributed by atoms with van der Waals surface area (Å²) in [6.45, 7) is 14.0. The van der Waals surface area contributed by atoms with E-state index in [0.717, 1.165) is 6.42 Å². The van der Waals surface area contributed by atoms with Crippen molar-refractivity contribution in [1.29, 1.82) is 0 Å². The lowest BCUT2D eigenvalue weighted by atomic mass is 9.80. The predicted octanol–water partition coefficient (Wildman–Crippen LogP) is 5.18. The Morgan fingerprint density at radius 1 is 1.13 bits per heavy atom. The van der Waals surface area contributed by atoms with Gasteiger partial charge in [-0.2, -0.15) is 0 Å². The number of carbonyl (C=O) groups excluding carboxylic acids is 2. The first kappa shape index (κ1) is 23.3. The Labute approximate surface area is 182 Å². The van der Waals surface area contributed by atoms with E-state index in [0.29, 0.717) is 42.0 Å². The summed E-state index contributed by atoms with van der Waals surface area (Å²) >= 11 is 0. The molecule has 0 unspecified atom stereocenters. The van der Waals surface area contributed by atoms with Crippen LogP contribution in [-0.2, 0) is 23.5 Å². The highest BCUT2D eigenvalue weighted by Gasteiger charge is 2.62. The van der Waals surface area contributed by atoms with E-state index in [-0.39, 0.29) is 19.1 Å². The van der Waals surface area contributed by atoms with E-state index in [2.05, 4.69) is 45.9 Å². The summed E-state index contributed by atoms with van der Waals surface area (Å²) in [5, 5.41) is 0. The van der Waals surface area contributed by atoms with Gasteiger partial charge in [-0.1, -0.05) is 51.5 Å². The molecule has 0 N–H and O–H groups in total. The van der Waals surface area contributed by atoms with Crippen LogP contribution in [0.1, 0.15) is 60.8 Å². The van der Waals surface area contributed by atoms with Gasteiger partial charge in [-0.05, 0) is 56.0 Å². The fourth-order valence-corrected chi connectivity index (χ4v) is 11.9. The van der Waals surface area contributed by atoms with Gasteiger partial charge in [-0.3, -0.25) is 9.59 Å². The van der Waals surface area contributed by atoms with Crippen LogP contribution in [0.3, 0.4) is 0 Å². The van der Waals surface area contributed by atoms with E-state index in [4.69, 9.17) is 13.9 Å². The zero-order chi connectivity index (χ0) is 22.1. The number of carbonyl (C=O) groups is 2. The maximum Gasteiger partial charge on any atom is 0.323 e. The molecule has 0 aromatic heterocycles. The molecule has 3 rings (SSSR count). The normalized spacial score (nSPS) is 31.9. The minimum absolute atomic E-state index is 0.153. The quantitative estimate of drug-likeness (QED) is 0.249. The number of esters is 2. The first-order valence-electron chi connectivity index (χ1n) is 11.6. The molecule has 168 valence electrons. The molecule has 3 aliphatic rings. The summed E-state index contributed by atoms with van der Waals surface area (Å²) in [5.74, 6) is -0.415. The fourth-order valence-electron chi connectivity index (χ4n) is 6.29. The molecule has 0 aromatic carbocycles. The van der Waals surface area contributed by atoms with Gasteiger partial charge in [0.1, 0.15) is 0 Å². The molecule has 2 fully saturated rings. The minimum atomic E-state index is -2.04. The van der Waals surface area contributed by atoms with E-state index in [1.54, 1.807) is 13.8 Å². The van der Waals surface area contributed by atoms with Gasteiger partial charge < -0.3 is 13.9 Å². The van der Waals surface area contributed by atoms with Gasteiger partial charge in [0.05, 0.1) is 13.2 Å². The van der Waals surface area contributed by atoms with Crippen LogP contribution in [0, 0.1) is 17.3 Å². The van der Waals surface area contributed by atoms with Gasteiger partial charge in [0, 0.05) is 12.1 Å². The number of hydrogen-bond acceptors (Lipinski definition) is 5. The van der Waals surface area contributed by atoms with Gasteiger partial charge in [0.15, 0.2) is 5.41 Å². The Balaban J connectivity index is 2.01. The van der Waals surface area contributed by atoms with Gasteiger partial charge in [0.25, 0.3) is 0 Å². The summed E-state index contributed by atoms with van der Waals surface area (Å²) < 4.78 is 17.5. The van der Waals surface area contributed by atoms with Crippen LogP contribution in [0.5, 0.6) is 0 Å². The van der Waals surface area contributed by atoms with Crippen LogP contribution in [0.15, 0.2) is 23.8 Å². The highest BCUT2D eigenvalue weighted by molar-refractivity contribution is 6.78. The Hall–Kier alpha value is -1.40. The lowest BCUT2D eigenvalue weighted by molar-refractivity contribution is -0.171. The number of hydrogen-bond donors (Lipinski definition) is 0. The molecule has 1 saturated carbocycles. The second-order valence-electron chi connectivity index (χ2n) is 9.62. The van der Waals surface area contributed by atoms with Crippen molar-refractivity contribution in [3.05, 3.63) is 23.8 Å². The van der Waals surface area contributed by atoms with Crippen molar-refractivity contribution in [3.63, 3.8) is 0 Å². The predicted molar refractivity (Wildman–Crippen MR) is 119 cm³/mol. The van der Waals surface area contributed by atoms with Crippen LogP contribution in [-0.4, -0.2) is 40.1 Å². The number of ether oxygens (including phenoxy) is 2. The molecule has 0 radical (unpaired) electrons. The molecule has 0 bridgehead atoms. The minimum Gasteiger partial charge on any atom is -0.465 e. The van der Waals surface area contributed by atoms with Crippen molar-refractivity contribution in [2.75, 3.05) is 19.8 Å². The molecular formula is C24H38O5Si. The Morgan fingerprint density at radius 3 is 2.27 bits per heavy atom. The lowest BCUT2D eigenvalue weighted by Gasteiger charge is -2.40. The smallest absolute Gasteiger partial charge is 0.323 e. The van der Waals surface area contributed by atoms with Gasteiger partial charge >= 0.3 is 11.9 Å². The first-order chi connectivity index (χ1) is 14.2. The van der Waals surface area contributed by atoms with Gasteiger partial charge in [-0.15, -0.1) is 0 Å². The maximum absolute atomic E-state index is 13.0. The van der Waals surface area contributed by atoms with Crippen LogP contribution in [0.25, 0.3) is 0 Å². The van der Waals surface area contributed by atoms with Gasteiger partial charge in [-0.25, -0.2) is 0 Å². The fraction of sp³-hybridized carbons (Fsp3) is 0.750. The van der Waals surface area contributed by atoms with E-state index in [9.17, 15) is 9.59 Å². The zero-order valence-electron chi connectivity index (χ0n) is 19.4. The molecule has 30 heavy (non-hydrogen) atoms. The number of fused-ring (bicyclic) bond motifs is 3. The number of allylic oxidation sites excluding steroid dienone is 4. The molecule has 0 aromatic rings. The monoisotopic (exact) mass is 434 g/mol. The SMILES string of the molecule is CCOC(=O)C1(C(=O)OCC)C/C2=C/C/C=C\[C@H]3[C@@H](CO[Si]3(C(C)C)C(C)C)[C@@H]2C1. The lowest BCUT2D eigenvalue weighted by Crippen LogP contribution is -2.45. The summed E-state index contributed by atoms with van der Waals surface area (Å²) in [6.07, 6.45) is 8.57. The second-order valence-corrected chi connectivity index (χ2v) is 14.6. The Morgan fingerprint density at radius 2 is 1.73 bits per heavy atom. The molecule has 0 amide bonds. The summed E-state index contributed by atoms with van der Waals surface area (Å²) in [6, 6.07) is 0. The molecule has 6 heteroatoms. The Bertz CT molecular complexity index is 697. The highest BCUT2D eigenvalue weighted by Crippen LogP contribution is 2.60. The average Bonchev–Trinajstić information content (AvgIpc) is 3.23. The summed E-state index contributed by atoms with van der Waals surface area (Å²) in [5.41, 5.74) is 1.39. The van der Waals surface area contributed by atoms with Crippen LogP contribution < -0.4 is 0 Å². The average molecular weight is 435 g/mol. The third-order valence-electron chi connectivity index (χ3n) is 7.57. The van der Waals surface area contributed by atoms with Crippen LogP contribution in [0.4, 0.5) is 0 Å². The molecule has 1 heterocycles. The topological polar surface area (TPSA) is 61.8 Å². The third-order valence-corrected chi connectivity index (χ3v) is 13.5. The first-order valence-corrected chi connectivity index (χ1v) is 13.7.